The summed E-state index contributed by atoms with van der Waals surface area (Å²) in [4.78, 5) is 11.5. The van der Waals surface area contributed by atoms with E-state index in [1.165, 1.54) is 0 Å². The van der Waals surface area contributed by atoms with Crippen molar-refractivity contribution in [2.45, 2.75) is 38.8 Å². The van der Waals surface area contributed by atoms with Gasteiger partial charge in [0.05, 0.1) is 6.04 Å². The molecule has 0 fully saturated rings. The first-order chi connectivity index (χ1) is 11.1. The molecule has 0 radical (unpaired) electrons. The Hall–Kier alpha value is -2.41. The van der Waals surface area contributed by atoms with Gasteiger partial charge in [0.15, 0.2) is 0 Å². The van der Waals surface area contributed by atoms with Crippen molar-refractivity contribution < 1.29 is 13.9 Å². The number of amides is 1. The van der Waals surface area contributed by atoms with Gasteiger partial charge in [0.25, 0.3) is 0 Å². The van der Waals surface area contributed by atoms with Crippen molar-refractivity contribution in [3.8, 4) is 0 Å². The second-order valence-corrected chi connectivity index (χ2v) is 5.25. The van der Waals surface area contributed by atoms with Crippen LogP contribution < -0.4 is 11.1 Å². The van der Waals surface area contributed by atoms with Gasteiger partial charge in [-0.3, -0.25) is 0 Å². The molecule has 1 amide bonds. The van der Waals surface area contributed by atoms with Crippen LogP contribution in [0.3, 0.4) is 0 Å². The van der Waals surface area contributed by atoms with E-state index in [4.69, 9.17) is 14.9 Å². The lowest BCUT2D eigenvalue weighted by atomic mass is 10.1. The first-order valence-electron chi connectivity index (χ1n) is 7.65. The number of rotatable bonds is 8. The summed E-state index contributed by atoms with van der Waals surface area (Å²) >= 11 is 0. The molecule has 0 saturated carbocycles. The molecular formula is C16H22N4O3. The van der Waals surface area contributed by atoms with Crippen LogP contribution in [-0.2, 0) is 11.3 Å². The average Bonchev–Trinajstić information content (AvgIpc) is 3.00. The van der Waals surface area contributed by atoms with Gasteiger partial charge in [-0.25, -0.2) is 4.79 Å². The zero-order chi connectivity index (χ0) is 16.5. The second-order valence-electron chi connectivity index (χ2n) is 5.25. The molecule has 1 heterocycles. The van der Waals surface area contributed by atoms with Gasteiger partial charge in [-0.2, -0.15) is 0 Å². The normalized spacial score (nSPS) is 11.9. The quantitative estimate of drug-likeness (QED) is 0.725. The molecular weight excluding hydrogens is 296 g/mol. The summed E-state index contributed by atoms with van der Waals surface area (Å²) in [6, 6.07) is 9.29. The van der Waals surface area contributed by atoms with E-state index in [0.717, 1.165) is 24.8 Å². The Balaban J connectivity index is 1.54. The number of nitrogens with zero attached hydrogens (tertiary/aromatic N) is 2. The number of unbranched alkanes of at least 4 members (excludes halogenated alkanes) is 1. The minimum absolute atomic E-state index is 0.263. The maximum absolute atomic E-state index is 11.5. The molecule has 0 bridgehead atoms. The third-order valence-electron chi connectivity index (χ3n) is 3.28. The number of aryl methyl sites for hydroxylation is 1. The number of carbonyl (C=O) groups is 1. The summed E-state index contributed by atoms with van der Waals surface area (Å²) in [5.74, 6) is 0.969. The number of alkyl carbamates (subject to hydrolysis) is 1. The van der Waals surface area contributed by atoms with E-state index in [0.29, 0.717) is 18.3 Å². The summed E-state index contributed by atoms with van der Waals surface area (Å²) in [5.41, 5.74) is 6.92. The largest absolute Gasteiger partial charge is 0.445 e. The summed E-state index contributed by atoms with van der Waals surface area (Å²) < 4.78 is 10.4. The summed E-state index contributed by atoms with van der Waals surface area (Å²) in [6.07, 6.45) is 1.97. The molecule has 2 rings (SSSR count). The van der Waals surface area contributed by atoms with Crippen molar-refractivity contribution in [2.24, 2.45) is 5.73 Å². The molecule has 1 aromatic heterocycles. The maximum Gasteiger partial charge on any atom is 0.407 e. The number of hydrogen-bond acceptors (Lipinski definition) is 6. The van der Waals surface area contributed by atoms with Crippen molar-refractivity contribution in [1.82, 2.24) is 15.5 Å². The van der Waals surface area contributed by atoms with Gasteiger partial charge in [-0.15, -0.1) is 10.2 Å². The van der Waals surface area contributed by atoms with E-state index in [9.17, 15) is 4.79 Å². The van der Waals surface area contributed by atoms with Crippen LogP contribution in [0.25, 0.3) is 0 Å². The molecule has 7 nitrogen and oxygen atoms in total. The van der Waals surface area contributed by atoms with Crippen LogP contribution >= 0.6 is 0 Å². The third kappa shape index (κ3) is 6.07. The lowest BCUT2D eigenvalue weighted by Gasteiger charge is -2.08. The Bertz CT molecular complexity index is 600. The van der Waals surface area contributed by atoms with E-state index in [1.807, 2.05) is 30.3 Å². The zero-order valence-corrected chi connectivity index (χ0v) is 13.2. The predicted molar refractivity (Wildman–Crippen MR) is 84.4 cm³/mol. The fourth-order valence-electron chi connectivity index (χ4n) is 2.04. The Morgan fingerprint density at radius 3 is 2.78 bits per heavy atom. The highest BCUT2D eigenvalue weighted by atomic mass is 16.5. The zero-order valence-electron chi connectivity index (χ0n) is 13.2. The van der Waals surface area contributed by atoms with Crippen molar-refractivity contribution >= 4 is 6.09 Å². The Kier molecular flexibility index (Phi) is 6.56. The van der Waals surface area contributed by atoms with E-state index in [2.05, 4.69) is 15.5 Å². The van der Waals surface area contributed by atoms with Crippen LogP contribution in [0.5, 0.6) is 0 Å². The standard InChI is InChI=1S/C16H22N4O3/c1-12-19-20-15(23-12)14(17)9-5-6-10-18-16(21)22-11-13-7-3-2-4-8-13/h2-4,7-8,14H,5-6,9-11,17H2,1H3,(H,18,21)/t14-/m0/s1. The van der Waals surface area contributed by atoms with Crippen LogP contribution in [-0.4, -0.2) is 22.8 Å². The molecule has 0 spiro atoms. The number of benzene rings is 1. The van der Waals surface area contributed by atoms with Crippen molar-refractivity contribution in [2.75, 3.05) is 6.54 Å². The minimum Gasteiger partial charge on any atom is -0.445 e. The Morgan fingerprint density at radius 2 is 2.09 bits per heavy atom. The van der Waals surface area contributed by atoms with Crippen LogP contribution in [0.15, 0.2) is 34.7 Å². The van der Waals surface area contributed by atoms with E-state index in [-0.39, 0.29) is 12.6 Å². The van der Waals surface area contributed by atoms with E-state index in [1.54, 1.807) is 6.92 Å². The van der Waals surface area contributed by atoms with Crippen LogP contribution in [0.2, 0.25) is 0 Å². The predicted octanol–water partition coefficient (Wildman–Crippen LogP) is 2.47. The molecule has 7 heteroatoms. The SMILES string of the molecule is Cc1nnc([C@@H](N)CCCCNC(=O)OCc2ccccc2)o1. The van der Waals surface area contributed by atoms with Gasteiger partial charge < -0.3 is 20.2 Å². The molecule has 0 saturated heterocycles. The van der Waals surface area contributed by atoms with Gasteiger partial charge in [0.2, 0.25) is 11.8 Å². The summed E-state index contributed by atoms with van der Waals surface area (Å²) in [7, 11) is 0. The maximum atomic E-state index is 11.5. The van der Waals surface area contributed by atoms with Crippen LogP contribution in [0.4, 0.5) is 4.79 Å². The lowest BCUT2D eigenvalue weighted by Crippen LogP contribution is -2.25. The summed E-state index contributed by atoms with van der Waals surface area (Å²) in [5, 5.41) is 10.4. The molecule has 23 heavy (non-hydrogen) atoms. The lowest BCUT2D eigenvalue weighted by molar-refractivity contribution is 0.139. The molecule has 0 aliphatic carbocycles. The molecule has 0 aliphatic heterocycles. The molecule has 0 unspecified atom stereocenters. The first kappa shape index (κ1) is 17.0. The van der Waals surface area contributed by atoms with E-state index < -0.39 is 6.09 Å². The fourth-order valence-corrected chi connectivity index (χ4v) is 2.04. The fraction of sp³-hybridized carbons (Fsp3) is 0.438. The minimum atomic E-state index is -0.411. The topological polar surface area (TPSA) is 103 Å². The molecule has 2 aromatic rings. The molecule has 1 aromatic carbocycles. The molecule has 3 N–H and O–H groups in total. The van der Waals surface area contributed by atoms with Crippen molar-refractivity contribution in [3.05, 3.63) is 47.7 Å². The average molecular weight is 318 g/mol. The Labute approximate surface area is 135 Å². The van der Waals surface area contributed by atoms with Gasteiger partial charge in [-0.05, 0) is 24.8 Å². The number of aromatic nitrogens is 2. The van der Waals surface area contributed by atoms with E-state index >= 15 is 0 Å². The highest BCUT2D eigenvalue weighted by Crippen LogP contribution is 2.14. The van der Waals surface area contributed by atoms with Crippen LogP contribution in [0, 0.1) is 6.92 Å². The molecule has 124 valence electrons. The third-order valence-corrected chi connectivity index (χ3v) is 3.28. The van der Waals surface area contributed by atoms with Crippen molar-refractivity contribution in [1.29, 1.82) is 0 Å². The molecule has 1 atom stereocenters. The number of nitrogens with one attached hydrogen (secondary N) is 1. The summed E-state index contributed by atoms with van der Waals surface area (Å²) in [6.45, 7) is 2.55. The van der Waals surface area contributed by atoms with Gasteiger partial charge in [0, 0.05) is 13.5 Å². The monoisotopic (exact) mass is 318 g/mol. The first-order valence-corrected chi connectivity index (χ1v) is 7.65. The smallest absolute Gasteiger partial charge is 0.407 e. The Morgan fingerprint density at radius 1 is 1.30 bits per heavy atom. The van der Waals surface area contributed by atoms with Gasteiger partial charge in [0.1, 0.15) is 6.61 Å². The second kappa shape index (κ2) is 8.89. The van der Waals surface area contributed by atoms with Gasteiger partial charge >= 0.3 is 6.09 Å². The van der Waals surface area contributed by atoms with Gasteiger partial charge in [-0.1, -0.05) is 30.3 Å². The number of carbonyl (C=O) groups excluding carboxylic acids is 1. The van der Waals surface area contributed by atoms with Crippen LogP contribution in [0.1, 0.15) is 42.6 Å². The number of hydrogen-bond donors (Lipinski definition) is 2. The van der Waals surface area contributed by atoms with Crippen molar-refractivity contribution in [3.63, 3.8) is 0 Å². The number of ether oxygens (including phenoxy) is 1. The highest BCUT2D eigenvalue weighted by molar-refractivity contribution is 5.67. The molecule has 0 aliphatic rings. The number of nitrogens with two attached hydrogens (primary N) is 1. The highest BCUT2D eigenvalue weighted by Gasteiger charge is 2.12.